The van der Waals surface area contributed by atoms with E-state index in [-0.39, 0.29) is 6.10 Å². The average molecular weight is 246 g/mol. The van der Waals surface area contributed by atoms with Crippen LogP contribution in [-0.2, 0) is 0 Å². The normalized spacial score (nSPS) is 24.6. The van der Waals surface area contributed by atoms with Crippen LogP contribution in [0.2, 0.25) is 0 Å². The number of nitrogens with two attached hydrogens (primary N) is 1. The largest absolute Gasteiger partial charge is 0.393 e. The van der Waals surface area contributed by atoms with E-state index in [1.165, 1.54) is 6.33 Å². The fourth-order valence-corrected chi connectivity index (χ4v) is 2.91. The van der Waals surface area contributed by atoms with Crippen LogP contribution in [0.25, 0.3) is 11.0 Å². The van der Waals surface area contributed by atoms with E-state index in [1.54, 1.807) is 0 Å². The molecule has 2 heterocycles. The van der Waals surface area contributed by atoms with Crippen LogP contribution in [-0.4, -0.2) is 25.7 Å². The van der Waals surface area contributed by atoms with Gasteiger partial charge in [0, 0.05) is 12.2 Å². The Morgan fingerprint density at radius 2 is 2.00 bits per heavy atom. The molecule has 2 aromatic heterocycles. The first kappa shape index (κ1) is 11.5. The third-order valence-corrected chi connectivity index (χ3v) is 3.89. The number of hydrogen-bond acceptors (Lipinski definition) is 4. The van der Waals surface area contributed by atoms with Gasteiger partial charge in [0.1, 0.15) is 17.8 Å². The second kappa shape index (κ2) is 4.24. The van der Waals surface area contributed by atoms with Gasteiger partial charge < -0.3 is 15.4 Å². The Kier molecular flexibility index (Phi) is 2.70. The van der Waals surface area contributed by atoms with Crippen molar-refractivity contribution in [2.75, 3.05) is 5.73 Å². The topological polar surface area (TPSA) is 77.0 Å². The second-order valence-electron chi connectivity index (χ2n) is 5.14. The van der Waals surface area contributed by atoms with E-state index >= 15 is 0 Å². The summed E-state index contributed by atoms with van der Waals surface area (Å²) in [5.74, 6) is 0.548. The standard InChI is InChI=1S/C13H18N4O/c1-8-6-17(9-2-4-10(18)5-3-9)13-11(8)12(14)15-7-16-13/h6-7,9-10,18H,2-5H2,1H3,(H2,14,15,16). The SMILES string of the molecule is Cc1cn(C2CCC(O)CC2)c2ncnc(N)c12. The molecule has 0 saturated heterocycles. The van der Waals surface area contributed by atoms with E-state index < -0.39 is 0 Å². The Morgan fingerprint density at radius 1 is 1.28 bits per heavy atom. The molecular weight excluding hydrogens is 228 g/mol. The number of fused-ring (bicyclic) bond motifs is 1. The van der Waals surface area contributed by atoms with Gasteiger partial charge in [0.25, 0.3) is 0 Å². The van der Waals surface area contributed by atoms with Gasteiger partial charge in [-0.2, -0.15) is 0 Å². The lowest BCUT2D eigenvalue weighted by atomic mass is 9.93. The van der Waals surface area contributed by atoms with Crippen molar-refractivity contribution in [2.45, 2.75) is 44.8 Å². The van der Waals surface area contributed by atoms with Crippen LogP contribution in [0.15, 0.2) is 12.5 Å². The number of nitrogens with zero attached hydrogens (tertiary/aromatic N) is 3. The molecule has 0 aliphatic heterocycles. The minimum absolute atomic E-state index is 0.135. The molecule has 3 N–H and O–H groups in total. The van der Waals surface area contributed by atoms with Crippen LogP contribution < -0.4 is 5.73 Å². The van der Waals surface area contributed by atoms with E-state index in [2.05, 4.69) is 20.7 Å². The van der Waals surface area contributed by atoms with E-state index in [9.17, 15) is 5.11 Å². The van der Waals surface area contributed by atoms with Crippen molar-refractivity contribution in [1.82, 2.24) is 14.5 Å². The molecule has 0 atom stereocenters. The first-order valence-electron chi connectivity index (χ1n) is 6.42. The van der Waals surface area contributed by atoms with Crippen molar-refractivity contribution in [3.63, 3.8) is 0 Å². The van der Waals surface area contributed by atoms with E-state index in [0.717, 1.165) is 42.3 Å². The lowest BCUT2D eigenvalue weighted by Crippen LogP contribution is -2.20. The zero-order valence-electron chi connectivity index (χ0n) is 10.5. The lowest BCUT2D eigenvalue weighted by Gasteiger charge is -2.27. The number of hydrogen-bond donors (Lipinski definition) is 2. The maximum absolute atomic E-state index is 9.58. The van der Waals surface area contributed by atoms with Gasteiger partial charge in [-0.1, -0.05) is 0 Å². The molecule has 96 valence electrons. The summed E-state index contributed by atoms with van der Waals surface area (Å²) >= 11 is 0. The third-order valence-electron chi connectivity index (χ3n) is 3.89. The number of rotatable bonds is 1. The highest BCUT2D eigenvalue weighted by Gasteiger charge is 2.23. The highest BCUT2D eigenvalue weighted by atomic mass is 16.3. The van der Waals surface area contributed by atoms with Crippen molar-refractivity contribution >= 4 is 16.9 Å². The summed E-state index contributed by atoms with van der Waals surface area (Å²) in [6.07, 6.45) is 7.21. The molecule has 0 aromatic carbocycles. The van der Waals surface area contributed by atoms with Crippen molar-refractivity contribution in [3.05, 3.63) is 18.1 Å². The Bertz CT molecular complexity index is 570. The van der Waals surface area contributed by atoms with Crippen LogP contribution in [0.5, 0.6) is 0 Å². The number of aliphatic hydroxyl groups excluding tert-OH is 1. The van der Waals surface area contributed by atoms with Crippen LogP contribution in [0, 0.1) is 6.92 Å². The molecule has 1 fully saturated rings. The molecule has 0 spiro atoms. The van der Waals surface area contributed by atoms with Gasteiger partial charge in [-0.05, 0) is 38.2 Å². The molecule has 1 aliphatic carbocycles. The smallest absolute Gasteiger partial charge is 0.145 e. The molecule has 3 rings (SSSR count). The second-order valence-corrected chi connectivity index (χ2v) is 5.14. The van der Waals surface area contributed by atoms with Gasteiger partial charge in [-0.15, -0.1) is 0 Å². The zero-order chi connectivity index (χ0) is 12.7. The number of nitrogen functional groups attached to an aromatic ring is 1. The van der Waals surface area contributed by atoms with Crippen molar-refractivity contribution in [2.24, 2.45) is 0 Å². The molecule has 0 unspecified atom stereocenters. The highest BCUT2D eigenvalue weighted by molar-refractivity contribution is 5.89. The third kappa shape index (κ3) is 1.75. The van der Waals surface area contributed by atoms with Gasteiger partial charge in [0.2, 0.25) is 0 Å². The molecule has 0 bridgehead atoms. The summed E-state index contributed by atoms with van der Waals surface area (Å²) in [7, 11) is 0. The molecule has 1 saturated carbocycles. The van der Waals surface area contributed by atoms with Gasteiger partial charge >= 0.3 is 0 Å². The number of aromatic nitrogens is 3. The summed E-state index contributed by atoms with van der Waals surface area (Å²) in [4.78, 5) is 8.42. The minimum Gasteiger partial charge on any atom is -0.393 e. The monoisotopic (exact) mass is 246 g/mol. The van der Waals surface area contributed by atoms with Gasteiger partial charge in [-0.25, -0.2) is 9.97 Å². The maximum atomic E-state index is 9.58. The average Bonchev–Trinajstić information content (AvgIpc) is 2.69. The van der Waals surface area contributed by atoms with E-state index in [0.29, 0.717) is 11.9 Å². The molecular formula is C13H18N4O. The summed E-state index contributed by atoms with van der Waals surface area (Å²) < 4.78 is 2.20. The molecule has 0 amide bonds. The minimum atomic E-state index is -0.135. The van der Waals surface area contributed by atoms with E-state index in [4.69, 9.17) is 5.73 Å². The summed E-state index contributed by atoms with van der Waals surface area (Å²) in [6, 6.07) is 0.416. The Labute approximate surface area is 106 Å². The molecule has 5 nitrogen and oxygen atoms in total. The Balaban J connectivity index is 2.05. The highest BCUT2D eigenvalue weighted by Crippen LogP contribution is 2.33. The van der Waals surface area contributed by atoms with Gasteiger partial charge in [0.05, 0.1) is 11.5 Å². The predicted octanol–water partition coefficient (Wildman–Crippen LogP) is 1.80. The number of aryl methyl sites for hydroxylation is 1. The number of aliphatic hydroxyl groups is 1. The fourth-order valence-electron chi connectivity index (χ4n) is 2.91. The van der Waals surface area contributed by atoms with Crippen molar-refractivity contribution < 1.29 is 5.11 Å². The van der Waals surface area contributed by atoms with Crippen LogP contribution in [0.4, 0.5) is 5.82 Å². The van der Waals surface area contributed by atoms with Gasteiger partial charge in [0.15, 0.2) is 0 Å². The van der Waals surface area contributed by atoms with Crippen LogP contribution in [0.1, 0.15) is 37.3 Å². The summed E-state index contributed by atoms with van der Waals surface area (Å²) in [5, 5.41) is 10.5. The summed E-state index contributed by atoms with van der Waals surface area (Å²) in [6.45, 7) is 2.04. The van der Waals surface area contributed by atoms with Crippen molar-refractivity contribution in [1.29, 1.82) is 0 Å². The first-order valence-corrected chi connectivity index (χ1v) is 6.42. The van der Waals surface area contributed by atoms with Crippen LogP contribution in [0.3, 0.4) is 0 Å². The van der Waals surface area contributed by atoms with Gasteiger partial charge in [-0.3, -0.25) is 0 Å². The summed E-state index contributed by atoms with van der Waals surface area (Å²) in [5.41, 5.74) is 7.96. The molecule has 18 heavy (non-hydrogen) atoms. The quantitative estimate of drug-likeness (QED) is 0.804. The van der Waals surface area contributed by atoms with E-state index in [1.807, 2.05) is 6.92 Å². The predicted molar refractivity (Wildman–Crippen MR) is 70.2 cm³/mol. The lowest BCUT2D eigenvalue weighted by molar-refractivity contribution is 0.111. The first-order chi connectivity index (χ1) is 8.66. The molecule has 0 radical (unpaired) electrons. The molecule has 1 aliphatic rings. The Morgan fingerprint density at radius 3 is 2.72 bits per heavy atom. The maximum Gasteiger partial charge on any atom is 0.145 e. The number of anilines is 1. The fraction of sp³-hybridized carbons (Fsp3) is 0.538. The zero-order valence-corrected chi connectivity index (χ0v) is 10.5. The Hall–Kier alpha value is -1.62. The molecule has 5 heteroatoms. The van der Waals surface area contributed by atoms with Crippen LogP contribution >= 0.6 is 0 Å². The molecule has 2 aromatic rings. The van der Waals surface area contributed by atoms with Crippen molar-refractivity contribution in [3.8, 4) is 0 Å².